The van der Waals surface area contributed by atoms with Gasteiger partial charge in [0.2, 0.25) is 0 Å². The normalized spacial score (nSPS) is 10.1. The molecule has 0 saturated heterocycles. The summed E-state index contributed by atoms with van der Waals surface area (Å²) in [4.78, 5) is 12.6. The fourth-order valence-electron chi connectivity index (χ4n) is 2.24. The number of halogens is 1. The highest BCUT2D eigenvalue weighted by atomic mass is 35.5. The molecule has 0 saturated carbocycles. The van der Waals surface area contributed by atoms with E-state index >= 15 is 0 Å². The number of ether oxygens (including phenoxy) is 4. The van der Waals surface area contributed by atoms with Crippen molar-refractivity contribution in [2.45, 2.75) is 6.92 Å². The Kier molecular flexibility index (Phi) is 6.36. The minimum atomic E-state index is -0.330. The molecule has 2 rings (SSSR count). The maximum atomic E-state index is 12.6. The highest BCUT2D eigenvalue weighted by Crippen LogP contribution is 2.36. The van der Waals surface area contributed by atoms with Crippen LogP contribution in [0.15, 0.2) is 30.3 Å². The van der Waals surface area contributed by atoms with Crippen LogP contribution in [-0.4, -0.2) is 33.8 Å². The van der Waals surface area contributed by atoms with Crippen molar-refractivity contribution in [1.82, 2.24) is 0 Å². The Hall–Kier alpha value is -2.60. The van der Waals surface area contributed by atoms with Gasteiger partial charge in [-0.1, -0.05) is 11.6 Å². The van der Waals surface area contributed by atoms with Gasteiger partial charge in [0.25, 0.3) is 5.91 Å². The zero-order chi connectivity index (χ0) is 18.4. The number of carbonyl (C=O) groups is 1. The molecule has 2 aromatic carbocycles. The predicted octanol–water partition coefficient (Wildman–Crippen LogP) is 4.02. The second-order valence-electron chi connectivity index (χ2n) is 4.94. The van der Waals surface area contributed by atoms with Gasteiger partial charge in [-0.2, -0.15) is 0 Å². The smallest absolute Gasteiger partial charge is 0.255 e. The number of benzene rings is 2. The first-order valence-electron chi connectivity index (χ1n) is 7.57. The van der Waals surface area contributed by atoms with Crippen molar-refractivity contribution in [2.24, 2.45) is 0 Å². The summed E-state index contributed by atoms with van der Waals surface area (Å²) in [5.41, 5.74) is 0.859. The highest BCUT2D eigenvalue weighted by Gasteiger charge is 2.15. The molecule has 134 valence electrons. The van der Waals surface area contributed by atoms with Crippen LogP contribution < -0.4 is 24.3 Å². The number of hydrogen-bond donors (Lipinski definition) is 1. The third-order valence-electron chi connectivity index (χ3n) is 3.45. The van der Waals surface area contributed by atoms with Crippen molar-refractivity contribution in [3.8, 4) is 23.0 Å². The molecule has 1 N–H and O–H groups in total. The van der Waals surface area contributed by atoms with Crippen LogP contribution in [0.5, 0.6) is 23.0 Å². The van der Waals surface area contributed by atoms with Crippen LogP contribution in [0.25, 0.3) is 0 Å². The van der Waals surface area contributed by atoms with Crippen molar-refractivity contribution in [3.63, 3.8) is 0 Å². The Morgan fingerprint density at radius 2 is 1.64 bits per heavy atom. The molecule has 25 heavy (non-hydrogen) atoms. The van der Waals surface area contributed by atoms with E-state index in [9.17, 15) is 4.79 Å². The van der Waals surface area contributed by atoms with Gasteiger partial charge in [-0.25, -0.2) is 0 Å². The summed E-state index contributed by atoms with van der Waals surface area (Å²) in [7, 11) is 4.51. The number of anilines is 1. The quantitative estimate of drug-likeness (QED) is 0.802. The monoisotopic (exact) mass is 365 g/mol. The zero-order valence-electron chi connectivity index (χ0n) is 14.5. The first kappa shape index (κ1) is 18.7. The fourth-order valence-corrected chi connectivity index (χ4v) is 2.47. The summed E-state index contributed by atoms with van der Waals surface area (Å²) in [5, 5.41) is 3.17. The van der Waals surface area contributed by atoms with Crippen LogP contribution in [0.3, 0.4) is 0 Å². The molecule has 0 unspecified atom stereocenters. The number of nitrogens with one attached hydrogen (secondary N) is 1. The lowest BCUT2D eigenvalue weighted by Gasteiger charge is -2.14. The number of amides is 1. The third kappa shape index (κ3) is 4.28. The van der Waals surface area contributed by atoms with Gasteiger partial charge < -0.3 is 24.3 Å². The Morgan fingerprint density at radius 3 is 2.24 bits per heavy atom. The van der Waals surface area contributed by atoms with Crippen molar-refractivity contribution in [3.05, 3.63) is 40.9 Å². The number of rotatable bonds is 7. The summed E-state index contributed by atoms with van der Waals surface area (Å²) >= 11 is 6.07. The van der Waals surface area contributed by atoms with Gasteiger partial charge in [0.15, 0.2) is 11.5 Å². The summed E-state index contributed by atoms with van der Waals surface area (Å²) in [6, 6.07) is 8.14. The maximum Gasteiger partial charge on any atom is 0.255 e. The van der Waals surface area contributed by atoms with E-state index in [1.165, 1.54) is 21.3 Å². The van der Waals surface area contributed by atoms with Gasteiger partial charge in [-0.3, -0.25) is 4.79 Å². The molecule has 2 aromatic rings. The van der Waals surface area contributed by atoms with Gasteiger partial charge in [0.05, 0.1) is 38.6 Å². The maximum absolute atomic E-state index is 12.6. The number of methoxy groups -OCH3 is 3. The van der Waals surface area contributed by atoms with Crippen molar-refractivity contribution < 1.29 is 23.7 Å². The first-order chi connectivity index (χ1) is 12.0. The molecule has 0 aliphatic heterocycles. The minimum Gasteiger partial charge on any atom is -0.495 e. The van der Waals surface area contributed by atoms with Crippen LogP contribution >= 0.6 is 11.6 Å². The van der Waals surface area contributed by atoms with Gasteiger partial charge in [0, 0.05) is 17.7 Å². The van der Waals surface area contributed by atoms with Gasteiger partial charge in [-0.15, -0.1) is 0 Å². The molecule has 0 aliphatic carbocycles. The van der Waals surface area contributed by atoms with E-state index in [4.69, 9.17) is 30.5 Å². The van der Waals surface area contributed by atoms with Gasteiger partial charge in [0.1, 0.15) is 11.5 Å². The molecule has 0 atom stereocenters. The average Bonchev–Trinajstić information content (AvgIpc) is 2.63. The standard InChI is InChI=1S/C18H20ClNO5/c1-5-25-14-7-6-11(8-17(14)24-4)18(21)20-13-10-15(22-2)12(19)9-16(13)23-3/h6-10H,5H2,1-4H3,(H,20,21). The van der Waals surface area contributed by atoms with Crippen LogP contribution in [0.4, 0.5) is 5.69 Å². The van der Waals surface area contributed by atoms with Crippen LogP contribution in [0.2, 0.25) is 5.02 Å². The van der Waals surface area contributed by atoms with Crippen LogP contribution in [0.1, 0.15) is 17.3 Å². The minimum absolute atomic E-state index is 0.330. The summed E-state index contributed by atoms with van der Waals surface area (Å²) in [5.74, 6) is 1.59. The predicted molar refractivity (Wildman–Crippen MR) is 96.7 cm³/mol. The highest BCUT2D eigenvalue weighted by molar-refractivity contribution is 6.32. The summed E-state index contributed by atoms with van der Waals surface area (Å²) in [6.07, 6.45) is 0. The summed E-state index contributed by atoms with van der Waals surface area (Å²) in [6.45, 7) is 2.38. The Labute approximate surface area is 151 Å². The molecule has 0 aromatic heterocycles. The lowest BCUT2D eigenvalue weighted by molar-refractivity contribution is 0.102. The zero-order valence-corrected chi connectivity index (χ0v) is 15.3. The molecule has 0 bridgehead atoms. The van der Waals surface area contributed by atoms with E-state index in [1.54, 1.807) is 30.3 Å². The molecule has 0 aliphatic rings. The third-order valence-corrected chi connectivity index (χ3v) is 3.74. The second kappa shape index (κ2) is 8.48. The topological polar surface area (TPSA) is 66.0 Å². The Bertz CT molecular complexity index is 763. The van der Waals surface area contributed by atoms with Crippen molar-refractivity contribution >= 4 is 23.2 Å². The molecule has 0 spiro atoms. The molecular formula is C18H20ClNO5. The average molecular weight is 366 g/mol. The SMILES string of the molecule is CCOc1ccc(C(=O)Nc2cc(OC)c(Cl)cc2OC)cc1OC. The summed E-state index contributed by atoms with van der Waals surface area (Å²) < 4.78 is 21.2. The fraction of sp³-hybridized carbons (Fsp3) is 0.278. The lowest BCUT2D eigenvalue weighted by atomic mass is 10.1. The molecular weight excluding hydrogens is 346 g/mol. The molecule has 0 fully saturated rings. The van der Waals surface area contributed by atoms with Crippen molar-refractivity contribution in [1.29, 1.82) is 0 Å². The van der Waals surface area contributed by atoms with E-state index in [1.807, 2.05) is 6.92 Å². The molecule has 0 radical (unpaired) electrons. The van der Waals surface area contributed by atoms with Crippen LogP contribution in [0, 0.1) is 0 Å². The molecule has 0 heterocycles. The number of hydrogen-bond acceptors (Lipinski definition) is 5. The lowest BCUT2D eigenvalue weighted by Crippen LogP contribution is -2.13. The van der Waals surface area contributed by atoms with E-state index in [-0.39, 0.29) is 5.91 Å². The molecule has 7 heteroatoms. The van der Waals surface area contributed by atoms with E-state index < -0.39 is 0 Å². The van der Waals surface area contributed by atoms with Crippen molar-refractivity contribution in [2.75, 3.05) is 33.3 Å². The number of carbonyl (C=O) groups excluding carboxylic acids is 1. The second-order valence-corrected chi connectivity index (χ2v) is 5.35. The van der Waals surface area contributed by atoms with E-state index in [0.717, 1.165) is 0 Å². The Balaban J connectivity index is 2.30. The van der Waals surface area contributed by atoms with Gasteiger partial charge >= 0.3 is 0 Å². The van der Waals surface area contributed by atoms with E-state index in [0.29, 0.717) is 45.9 Å². The molecule has 6 nitrogen and oxygen atoms in total. The van der Waals surface area contributed by atoms with Crippen LogP contribution in [-0.2, 0) is 0 Å². The first-order valence-corrected chi connectivity index (χ1v) is 7.95. The molecule has 1 amide bonds. The largest absolute Gasteiger partial charge is 0.495 e. The Morgan fingerprint density at radius 1 is 0.960 bits per heavy atom. The van der Waals surface area contributed by atoms with E-state index in [2.05, 4.69) is 5.32 Å². The van der Waals surface area contributed by atoms with Gasteiger partial charge in [-0.05, 0) is 25.1 Å².